The number of nitrogens with zero attached hydrogens (tertiary/aromatic N) is 2. The predicted molar refractivity (Wildman–Crippen MR) is 104 cm³/mol. The maximum Gasteiger partial charge on any atom is 0.191 e. The number of ether oxygens (including phenoxy) is 1. The maximum atomic E-state index is 13.4. The second-order valence-electron chi connectivity index (χ2n) is 7.38. The summed E-state index contributed by atoms with van der Waals surface area (Å²) < 4.78 is 19.0. The molecular weight excluding hydrogens is 331 g/mol. The maximum absolute atomic E-state index is 13.4. The van der Waals surface area contributed by atoms with E-state index in [-0.39, 0.29) is 5.82 Å². The van der Waals surface area contributed by atoms with Crippen molar-refractivity contribution in [3.8, 4) is 0 Å². The Bertz CT molecular complexity index is 618. The van der Waals surface area contributed by atoms with Crippen LogP contribution in [0, 0.1) is 18.7 Å². The predicted octanol–water partition coefficient (Wildman–Crippen LogP) is 2.69. The Morgan fingerprint density at radius 2 is 2.19 bits per heavy atom. The highest BCUT2D eigenvalue weighted by molar-refractivity contribution is 5.80. The van der Waals surface area contributed by atoms with Crippen LogP contribution >= 0.6 is 0 Å². The first-order valence-corrected chi connectivity index (χ1v) is 9.71. The molecule has 0 spiro atoms. The molecule has 5 nitrogen and oxygen atoms in total. The van der Waals surface area contributed by atoms with Crippen molar-refractivity contribution in [3.63, 3.8) is 0 Å². The van der Waals surface area contributed by atoms with Gasteiger partial charge in [0.25, 0.3) is 0 Å². The fourth-order valence-corrected chi connectivity index (χ4v) is 3.45. The third-order valence-corrected chi connectivity index (χ3v) is 5.07. The smallest absolute Gasteiger partial charge is 0.191 e. The molecule has 1 saturated carbocycles. The van der Waals surface area contributed by atoms with Crippen molar-refractivity contribution in [2.75, 3.05) is 44.8 Å². The van der Waals surface area contributed by atoms with Gasteiger partial charge in [-0.2, -0.15) is 0 Å². The van der Waals surface area contributed by atoms with Gasteiger partial charge in [0.2, 0.25) is 0 Å². The number of halogens is 1. The summed E-state index contributed by atoms with van der Waals surface area (Å²) in [5.74, 6) is 1.45. The monoisotopic (exact) mass is 362 g/mol. The molecule has 1 aliphatic heterocycles. The molecule has 1 heterocycles. The average molecular weight is 362 g/mol. The number of aliphatic imine (C=N–C) groups is 1. The van der Waals surface area contributed by atoms with Crippen molar-refractivity contribution < 1.29 is 9.13 Å². The van der Waals surface area contributed by atoms with Gasteiger partial charge in [-0.15, -0.1) is 0 Å². The van der Waals surface area contributed by atoms with Gasteiger partial charge >= 0.3 is 0 Å². The molecule has 0 aromatic heterocycles. The van der Waals surface area contributed by atoms with E-state index in [2.05, 4.69) is 20.5 Å². The lowest BCUT2D eigenvalue weighted by Crippen LogP contribution is -2.51. The Balaban J connectivity index is 1.45. The zero-order valence-corrected chi connectivity index (χ0v) is 15.9. The Kier molecular flexibility index (Phi) is 6.72. The number of piperidine rings is 1. The molecule has 2 aliphatic rings. The minimum Gasteiger partial charge on any atom is -0.379 e. The van der Waals surface area contributed by atoms with E-state index in [1.54, 1.807) is 19.2 Å². The van der Waals surface area contributed by atoms with Crippen molar-refractivity contribution in [2.24, 2.45) is 10.9 Å². The summed E-state index contributed by atoms with van der Waals surface area (Å²) in [6, 6.07) is 5.36. The summed E-state index contributed by atoms with van der Waals surface area (Å²) in [4.78, 5) is 6.66. The van der Waals surface area contributed by atoms with Crippen LogP contribution in [0.5, 0.6) is 0 Å². The number of guanidine groups is 1. The molecule has 1 unspecified atom stereocenters. The lowest BCUT2D eigenvalue weighted by molar-refractivity contribution is 0.129. The van der Waals surface area contributed by atoms with Crippen LogP contribution in [0.15, 0.2) is 23.2 Å². The number of hydrogen-bond donors (Lipinski definition) is 2. The number of nitrogens with one attached hydrogen (secondary N) is 2. The largest absolute Gasteiger partial charge is 0.379 e. The first-order valence-electron chi connectivity index (χ1n) is 9.71. The van der Waals surface area contributed by atoms with Gasteiger partial charge in [0.05, 0.1) is 6.61 Å². The van der Waals surface area contributed by atoms with Crippen LogP contribution < -0.4 is 15.5 Å². The zero-order chi connectivity index (χ0) is 18.4. The summed E-state index contributed by atoms with van der Waals surface area (Å²) in [5.41, 5.74) is 2.11. The fraction of sp³-hybridized carbons (Fsp3) is 0.650. The molecule has 6 heteroatoms. The van der Waals surface area contributed by atoms with E-state index < -0.39 is 0 Å². The topological polar surface area (TPSA) is 48.9 Å². The molecule has 3 rings (SSSR count). The lowest BCUT2D eigenvalue weighted by Gasteiger charge is -2.36. The summed E-state index contributed by atoms with van der Waals surface area (Å²) in [6.45, 7) is 6.24. The highest BCUT2D eigenvalue weighted by Gasteiger charge is 2.22. The first-order chi connectivity index (χ1) is 12.7. The number of aryl methyl sites for hydroxylation is 1. The molecule has 26 heavy (non-hydrogen) atoms. The van der Waals surface area contributed by atoms with Crippen LogP contribution in [0.3, 0.4) is 0 Å². The second-order valence-corrected chi connectivity index (χ2v) is 7.38. The van der Waals surface area contributed by atoms with Crippen molar-refractivity contribution in [3.05, 3.63) is 29.6 Å². The number of rotatable bonds is 7. The van der Waals surface area contributed by atoms with Crippen molar-refractivity contribution in [2.45, 2.75) is 38.6 Å². The molecule has 0 amide bonds. The second kappa shape index (κ2) is 9.21. The number of hydrogen-bond acceptors (Lipinski definition) is 3. The molecule has 2 fully saturated rings. The third-order valence-electron chi connectivity index (χ3n) is 5.07. The highest BCUT2D eigenvalue weighted by Crippen LogP contribution is 2.28. The molecule has 1 aliphatic carbocycles. The zero-order valence-electron chi connectivity index (χ0n) is 15.9. The van der Waals surface area contributed by atoms with E-state index in [1.807, 2.05) is 13.0 Å². The van der Waals surface area contributed by atoms with Gasteiger partial charge in [0, 0.05) is 45.0 Å². The van der Waals surface area contributed by atoms with Gasteiger partial charge in [0.1, 0.15) is 5.82 Å². The summed E-state index contributed by atoms with van der Waals surface area (Å²) in [7, 11) is 1.80. The summed E-state index contributed by atoms with van der Waals surface area (Å²) >= 11 is 0. The average Bonchev–Trinajstić information content (AvgIpc) is 3.45. The Labute approximate surface area is 156 Å². The molecule has 1 aromatic rings. The molecule has 1 atom stereocenters. The Morgan fingerprint density at radius 1 is 1.35 bits per heavy atom. The summed E-state index contributed by atoms with van der Waals surface area (Å²) in [6.07, 6.45) is 4.86. The first kappa shape index (κ1) is 19.0. The van der Waals surface area contributed by atoms with Crippen LogP contribution in [0.1, 0.15) is 31.2 Å². The van der Waals surface area contributed by atoms with Crippen LogP contribution in [0.2, 0.25) is 0 Å². The van der Waals surface area contributed by atoms with E-state index in [0.717, 1.165) is 62.2 Å². The van der Waals surface area contributed by atoms with Crippen molar-refractivity contribution in [1.82, 2.24) is 10.6 Å². The van der Waals surface area contributed by atoms with Crippen molar-refractivity contribution >= 4 is 11.6 Å². The standard InChI is InChI=1S/C20H31FN4O/c1-15-12-17(21)7-8-19(15)25-10-3-4-18(13-25)24-20(22-2)23-9-11-26-14-16-5-6-16/h7-8,12,16,18H,3-6,9-11,13-14H2,1-2H3,(H2,22,23,24). The van der Waals surface area contributed by atoms with E-state index in [1.165, 1.54) is 12.8 Å². The highest BCUT2D eigenvalue weighted by atomic mass is 19.1. The number of anilines is 1. The van der Waals surface area contributed by atoms with Gasteiger partial charge in [0.15, 0.2) is 5.96 Å². The number of benzene rings is 1. The van der Waals surface area contributed by atoms with E-state index in [4.69, 9.17) is 4.74 Å². The molecule has 2 N–H and O–H groups in total. The molecule has 1 aromatic carbocycles. The van der Waals surface area contributed by atoms with Crippen LogP contribution in [0.25, 0.3) is 0 Å². The van der Waals surface area contributed by atoms with Gasteiger partial charge in [-0.1, -0.05) is 0 Å². The molecule has 1 saturated heterocycles. The third kappa shape index (κ3) is 5.59. The minimum atomic E-state index is -0.175. The normalized spacial score (nSPS) is 21.0. The fourth-order valence-electron chi connectivity index (χ4n) is 3.45. The summed E-state index contributed by atoms with van der Waals surface area (Å²) in [5, 5.41) is 6.85. The van der Waals surface area contributed by atoms with Crippen molar-refractivity contribution in [1.29, 1.82) is 0 Å². The van der Waals surface area contributed by atoms with E-state index in [9.17, 15) is 4.39 Å². The molecule has 144 valence electrons. The van der Waals surface area contributed by atoms with Crippen LogP contribution in [0.4, 0.5) is 10.1 Å². The molecular formula is C20H31FN4O. The van der Waals surface area contributed by atoms with E-state index >= 15 is 0 Å². The quantitative estimate of drug-likeness (QED) is 0.445. The minimum absolute atomic E-state index is 0.175. The van der Waals surface area contributed by atoms with Crippen LogP contribution in [-0.4, -0.2) is 51.9 Å². The van der Waals surface area contributed by atoms with Crippen LogP contribution in [-0.2, 0) is 4.74 Å². The lowest BCUT2D eigenvalue weighted by atomic mass is 10.0. The van der Waals surface area contributed by atoms with E-state index in [0.29, 0.717) is 12.6 Å². The van der Waals surface area contributed by atoms with Gasteiger partial charge in [-0.05, 0) is 62.3 Å². The molecule has 0 bridgehead atoms. The molecule has 0 radical (unpaired) electrons. The van der Waals surface area contributed by atoms with Gasteiger partial charge < -0.3 is 20.3 Å². The van der Waals surface area contributed by atoms with Gasteiger partial charge in [-0.25, -0.2) is 4.39 Å². The van der Waals surface area contributed by atoms with Gasteiger partial charge in [-0.3, -0.25) is 4.99 Å². The SMILES string of the molecule is CN=C(NCCOCC1CC1)NC1CCCN(c2ccc(F)cc2C)C1. The Hall–Kier alpha value is -1.82. The Morgan fingerprint density at radius 3 is 2.92 bits per heavy atom.